The molecule has 0 aromatic heterocycles. The third-order valence-corrected chi connectivity index (χ3v) is 5.64. The van der Waals surface area contributed by atoms with Gasteiger partial charge in [0.15, 0.2) is 0 Å². The lowest BCUT2D eigenvalue weighted by Gasteiger charge is -2.36. The number of phenolic OH excluding ortho intramolecular Hbond substituents is 1. The number of aliphatic hydroxyl groups is 1. The fourth-order valence-electron chi connectivity index (χ4n) is 3.80. The molecule has 7 heteroatoms. The van der Waals surface area contributed by atoms with E-state index in [4.69, 9.17) is 0 Å². The van der Waals surface area contributed by atoms with Gasteiger partial charge in [0.25, 0.3) is 0 Å². The van der Waals surface area contributed by atoms with Crippen LogP contribution >= 0.6 is 12.2 Å². The van der Waals surface area contributed by atoms with E-state index in [2.05, 4.69) is 62.6 Å². The summed E-state index contributed by atoms with van der Waals surface area (Å²) in [5.74, 6) is 0.0268. The number of aromatic hydroxyl groups is 1. The molecule has 0 aliphatic carbocycles. The molecule has 1 atom stereocenters. The first kappa shape index (κ1) is 22.3. The minimum Gasteiger partial charge on any atom is -0.506 e. The molecule has 160 valence electrons. The fraction of sp³-hybridized carbons (Fsp3) is 0.435. The van der Waals surface area contributed by atoms with Crippen molar-refractivity contribution in [3.05, 3.63) is 54.1 Å². The summed E-state index contributed by atoms with van der Waals surface area (Å²) >= 11 is 4.61. The van der Waals surface area contributed by atoms with Crippen molar-refractivity contribution in [3.63, 3.8) is 0 Å². The molecule has 1 aliphatic rings. The molecule has 0 amide bonds. The fourth-order valence-corrected chi connectivity index (χ4v) is 3.85. The third kappa shape index (κ3) is 6.58. The molecule has 2 aromatic rings. The summed E-state index contributed by atoms with van der Waals surface area (Å²) < 4.78 is 0. The Morgan fingerprint density at radius 1 is 1.00 bits per heavy atom. The first-order valence-electron chi connectivity index (χ1n) is 10.5. The standard InChI is InChI=1S/C23H30N4O2S/c28-22(19-10-11-23(29)21(17-19)25-24-18-30)9-5-2-6-12-26-13-15-27(16-14-26)20-7-3-1-4-8-20/h1,3-4,7-8,10-11,17-18,22,28-29H,2,5-6,9,12-16H2. The van der Waals surface area contributed by atoms with Gasteiger partial charge in [0, 0.05) is 31.9 Å². The lowest BCUT2D eigenvalue weighted by molar-refractivity contribution is 0.162. The summed E-state index contributed by atoms with van der Waals surface area (Å²) in [5.41, 5.74) is 3.52. The minimum atomic E-state index is -0.568. The number of thiocarbonyl (C=S) groups is 1. The Morgan fingerprint density at radius 3 is 2.50 bits per heavy atom. The van der Waals surface area contributed by atoms with Crippen molar-refractivity contribution < 1.29 is 10.2 Å². The van der Waals surface area contributed by atoms with E-state index >= 15 is 0 Å². The molecule has 1 unspecified atom stereocenters. The molecule has 1 aliphatic heterocycles. The van der Waals surface area contributed by atoms with Gasteiger partial charge in [-0.05, 0) is 49.2 Å². The van der Waals surface area contributed by atoms with Gasteiger partial charge in [0.1, 0.15) is 16.9 Å². The van der Waals surface area contributed by atoms with E-state index in [9.17, 15) is 10.2 Å². The van der Waals surface area contributed by atoms with Crippen LogP contribution in [0.5, 0.6) is 5.75 Å². The molecular formula is C23H30N4O2S. The predicted octanol–water partition coefficient (Wildman–Crippen LogP) is 4.85. The molecule has 0 saturated carbocycles. The van der Waals surface area contributed by atoms with Crippen LogP contribution in [0.1, 0.15) is 37.4 Å². The Morgan fingerprint density at radius 2 is 1.77 bits per heavy atom. The van der Waals surface area contributed by atoms with Gasteiger partial charge in [-0.15, -0.1) is 10.2 Å². The highest BCUT2D eigenvalue weighted by atomic mass is 32.1. The number of hydrogen-bond acceptors (Lipinski definition) is 6. The second-order valence-corrected chi connectivity index (χ2v) is 7.81. The zero-order valence-corrected chi connectivity index (χ0v) is 18.0. The van der Waals surface area contributed by atoms with Crippen LogP contribution in [0.25, 0.3) is 0 Å². The molecule has 1 heterocycles. The Hall–Kier alpha value is -2.35. The maximum atomic E-state index is 10.4. The van der Waals surface area contributed by atoms with E-state index < -0.39 is 6.10 Å². The van der Waals surface area contributed by atoms with Gasteiger partial charge in [0.2, 0.25) is 0 Å². The highest BCUT2D eigenvalue weighted by molar-refractivity contribution is 7.78. The molecule has 0 radical (unpaired) electrons. The Bertz CT molecular complexity index is 823. The largest absolute Gasteiger partial charge is 0.506 e. The number of azo groups is 1. The average molecular weight is 427 g/mol. The first-order valence-corrected chi connectivity index (χ1v) is 11.0. The number of rotatable bonds is 10. The summed E-state index contributed by atoms with van der Waals surface area (Å²) in [7, 11) is 0. The molecule has 2 aromatic carbocycles. The van der Waals surface area contributed by atoms with Gasteiger partial charge in [-0.2, -0.15) is 0 Å². The molecule has 3 rings (SSSR count). The average Bonchev–Trinajstić information content (AvgIpc) is 2.79. The van der Waals surface area contributed by atoms with Crippen LogP contribution in [0.2, 0.25) is 0 Å². The Labute approximate surface area is 183 Å². The lowest BCUT2D eigenvalue weighted by Crippen LogP contribution is -2.46. The molecule has 0 bridgehead atoms. The SMILES string of the molecule is Oc1ccc(C(O)CCCCCN2CCN(c3ccccc3)CC2)cc1N=NC=S. The van der Waals surface area contributed by atoms with Crippen LogP contribution in [0.4, 0.5) is 11.4 Å². The molecular weight excluding hydrogens is 396 g/mol. The van der Waals surface area contributed by atoms with Crippen molar-refractivity contribution in [3.8, 4) is 5.75 Å². The molecule has 1 saturated heterocycles. The van der Waals surface area contributed by atoms with Crippen molar-refractivity contribution in [2.24, 2.45) is 10.2 Å². The van der Waals surface area contributed by atoms with Crippen LogP contribution in [0.15, 0.2) is 58.8 Å². The van der Waals surface area contributed by atoms with Crippen LogP contribution in [-0.2, 0) is 0 Å². The number of benzene rings is 2. The summed E-state index contributed by atoms with van der Waals surface area (Å²) in [5, 5.41) is 27.7. The van der Waals surface area contributed by atoms with Crippen molar-refractivity contribution in [2.75, 3.05) is 37.6 Å². The smallest absolute Gasteiger partial charge is 0.143 e. The number of anilines is 1. The number of piperazine rings is 1. The number of nitrogens with zero attached hydrogens (tertiary/aromatic N) is 4. The van der Waals surface area contributed by atoms with Gasteiger partial charge in [-0.1, -0.05) is 49.3 Å². The number of hydrogen-bond donors (Lipinski definition) is 2. The topological polar surface area (TPSA) is 71.7 Å². The summed E-state index contributed by atoms with van der Waals surface area (Å²) in [6.07, 6.45) is 3.31. The van der Waals surface area contributed by atoms with E-state index in [0.717, 1.165) is 63.0 Å². The van der Waals surface area contributed by atoms with Gasteiger partial charge >= 0.3 is 0 Å². The Balaban J connectivity index is 1.34. The van der Waals surface area contributed by atoms with Gasteiger partial charge < -0.3 is 15.1 Å². The second-order valence-electron chi connectivity index (χ2n) is 7.60. The molecule has 2 N–H and O–H groups in total. The van der Waals surface area contributed by atoms with E-state index in [1.165, 1.54) is 11.8 Å². The lowest BCUT2D eigenvalue weighted by atomic mass is 10.0. The highest BCUT2D eigenvalue weighted by Crippen LogP contribution is 2.31. The van der Waals surface area contributed by atoms with Crippen molar-refractivity contribution >= 4 is 29.1 Å². The van der Waals surface area contributed by atoms with Crippen LogP contribution in [0.3, 0.4) is 0 Å². The molecule has 0 spiro atoms. The first-order chi connectivity index (χ1) is 14.7. The number of unbranched alkanes of at least 4 members (excludes halogenated alkanes) is 2. The maximum Gasteiger partial charge on any atom is 0.143 e. The second kappa shape index (κ2) is 11.7. The van der Waals surface area contributed by atoms with E-state index in [-0.39, 0.29) is 5.75 Å². The van der Waals surface area contributed by atoms with E-state index in [1.54, 1.807) is 12.1 Å². The van der Waals surface area contributed by atoms with E-state index in [1.807, 2.05) is 0 Å². The van der Waals surface area contributed by atoms with Gasteiger partial charge in [-0.25, -0.2) is 0 Å². The van der Waals surface area contributed by atoms with Gasteiger partial charge in [-0.3, -0.25) is 4.90 Å². The zero-order chi connectivity index (χ0) is 21.2. The van der Waals surface area contributed by atoms with Crippen LogP contribution < -0.4 is 4.90 Å². The molecule has 30 heavy (non-hydrogen) atoms. The monoisotopic (exact) mass is 426 g/mol. The summed E-state index contributed by atoms with van der Waals surface area (Å²) in [6, 6.07) is 15.5. The van der Waals surface area contributed by atoms with Gasteiger partial charge in [0.05, 0.1) is 6.10 Å². The quantitative estimate of drug-likeness (QED) is 0.323. The molecule has 6 nitrogen and oxygen atoms in total. The van der Waals surface area contributed by atoms with Crippen molar-refractivity contribution in [1.29, 1.82) is 0 Å². The van der Waals surface area contributed by atoms with Crippen molar-refractivity contribution in [2.45, 2.75) is 31.8 Å². The Kier molecular flexibility index (Phi) is 8.74. The minimum absolute atomic E-state index is 0.0268. The third-order valence-electron chi connectivity index (χ3n) is 5.54. The zero-order valence-electron chi connectivity index (χ0n) is 17.2. The normalized spacial score (nSPS) is 16.1. The van der Waals surface area contributed by atoms with Crippen LogP contribution in [-0.4, -0.2) is 53.3 Å². The van der Waals surface area contributed by atoms with Crippen LogP contribution in [0, 0.1) is 0 Å². The van der Waals surface area contributed by atoms with E-state index in [0.29, 0.717) is 12.1 Å². The maximum absolute atomic E-state index is 10.4. The number of aliphatic hydroxyl groups excluding tert-OH is 1. The predicted molar refractivity (Wildman–Crippen MR) is 125 cm³/mol. The number of para-hydroxylation sites is 1. The molecule has 1 fully saturated rings. The number of phenols is 1. The summed E-state index contributed by atoms with van der Waals surface area (Å²) in [6.45, 7) is 5.47. The van der Waals surface area contributed by atoms with Crippen molar-refractivity contribution in [1.82, 2.24) is 4.90 Å². The highest BCUT2D eigenvalue weighted by Gasteiger charge is 2.16. The summed E-state index contributed by atoms with van der Waals surface area (Å²) in [4.78, 5) is 4.98.